The van der Waals surface area contributed by atoms with Crippen LogP contribution in [0.1, 0.15) is 48.4 Å². The van der Waals surface area contributed by atoms with Gasteiger partial charge in [-0.1, -0.05) is 33.7 Å². The summed E-state index contributed by atoms with van der Waals surface area (Å²) < 4.78 is 0. The highest BCUT2D eigenvalue weighted by Gasteiger charge is 2.21. The Morgan fingerprint density at radius 1 is 0.829 bits per heavy atom. The van der Waals surface area contributed by atoms with Crippen LogP contribution in [0.4, 0.5) is 5.69 Å². The van der Waals surface area contributed by atoms with Crippen molar-refractivity contribution in [3.63, 3.8) is 0 Å². The van der Waals surface area contributed by atoms with Crippen molar-refractivity contribution in [2.75, 3.05) is 0 Å². The molecule has 0 amide bonds. The van der Waals surface area contributed by atoms with Crippen molar-refractivity contribution in [1.29, 1.82) is 0 Å². The lowest BCUT2D eigenvalue weighted by Crippen LogP contribution is -2.12. The zero-order chi connectivity index (χ0) is 26.3. The Morgan fingerprint density at radius 3 is 1.71 bits per heavy atom. The van der Waals surface area contributed by atoms with E-state index in [9.17, 15) is 29.3 Å². The lowest BCUT2D eigenvalue weighted by Gasteiger charge is -2.08. The summed E-state index contributed by atoms with van der Waals surface area (Å²) in [6.45, 7) is 4.93. The van der Waals surface area contributed by atoms with Crippen molar-refractivity contribution < 1.29 is 33.8 Å². The third-order valence-electron chi connectivity index (χ3n) is 4.11. The van der Waals surface area contributed by atoms with Crippen LogP contribution in [-0.4, -0.2) is 39.9 Å². The molecule has 0 heterocycles. The summed E-state index contributed by atoms with van der Waals surface area (Å²) in [7, 11) is 0. The molecule has 11 nitrogen and oxygen atoms in total. The fourth-order valence-electron chi connectivity index (χ4n) is 2.50. The van der Waals surface area contributed by atoms with Gasteiger partial charge < -0.3 is 9.68 Å². The molecule has 0 N–H and O–H groups in total. The van der Waals surface area contributed by atoms with Crippen molar-refractivity contribution >= 4 is 64.0 Å². The molecule has 0 atom stereocenters. The number of nitrogens with zero attached hydrogens (tertiary/aromatic N) is 3. The van der Waals surface area contributed by atoms with Gasteiger partial charge in [-0.2, -0.15) is 0 Å². The van der Waals surface area contributed by atoms with Gasteiger partial charge in [0.05, 0.1) is 14.8 Å². The van der Waals surface area contributed by atoms with Gasteiger partial charge in [0, 0.05) is 35.9 Å². The second kappa shape index (κ2) is 12.0. The number of Topliss-reactive ketones (excluding diaryl/α,β-unsaturated/α-hetero) is 2. The number of oxime groups is 2. The van der Waals surface area contributed by atoms with Gasteiger partial charge in [-0.05, 0) is 44.2 Å². The SMILES string of the molecule is CC(=O)O/N=C(\C)C(=O)c1ccc(Sc2ccc(C(=O)/C(C)=N/OC(C)=O)cc2[N+](=O)[O-])c(Cl)c1. The van der Waals surface area contributed by atoms with E-state index in [0.29, 0.717) is 4.90 Å². The minimum absolute atomic E-state index is 0.0240. The molecule has 0 aliphatic heterocycles. The van der Waals surface area contributed by atoms with Crippen LogP contribution in [0.3, 0.4) is 0 Å². The van der Waals surface area contributed by atoms with Crippen LogP contribution >= 0.6 is 23.4 Å². The molecule has 0 aromatic heterocycles. The molecule has 2 aromatic rings. The number of carbonyl (C=O) groups excluding carboxylic acids is 4. The Labute approximate surface area is 208 Å². The van der Waals surface area contributed by atoms with Crippen LogP contribution < -0.4 is 0 Å². The van der Waals surface area contributed by atoms with E-state index < -0.39 is 28.4 Å². The first-order valence-corrected chi connectivity index (χ1v) is 10.9. The first kappa shape index (κ1) is 27.3. The summed E-state index contributed by atoms with van der Waals surface area (Å²) >= 11 is 7.25. The minimum atomic E-state index is -0.716. The van der Waals surface area contributed by atoms with Gasteiger partial charge in [-0.25, -0.2) is 9.59 Å². The van der Waals surface area contributed by atoms with Crippen molar-refractivity contribution in [2.24, 2.45) is 10.3 Å². The van der Waals surface area contributed by atoms with Crippen LogP contribution in [0, 0.1) is 10.1 Å². The van der Waals surface area contributed by atoms with Crippen LogP contribution in [-0.2, 0) is 19.3 Å². The molecule has 182 valence electrons. The van der Waals surface area contributed by atoms with Gasteiger partial charge in [0.25, 0.3) is 5.69 Å². The average molecular weight is 520 g/mol. The van der Waals surface area contributed by atoms with Crippen LogP contribution in [0.5, 0.6) is 0 Å². The normalized spacial score (nSPS) is 11.6. The molecule has 2 rings (SSSR count). The fourth-order valence-corrected chi connectivity index (χ4v) is 3.70. The number of nitro benzene ring substituents is 1. The van der Waals surface area contributed by atoms with Gasteiger partial charge in [-0.3, -0.25) is 19.7 Å². The number of hydrogen-bond donors (Lipinski definition) is 0. The molecule has 0 saturated heterocycles. The molecule has 0 spiro atoms. The summed E-state index contributed by atoms with van der Waals surface area (Å²) in [5.74, 6) is -2.57. The van der Waals surface area contributed by atoms with Crippen LogP contribution in [0.25, 0.3) is 0 Å². The zero-order valence-corrected chi connectivity index (χ0v) is 20.4. The van der Waals surface area contributed by atoms with E-state index >= 15 is 0 Å². The molecular weight excluding hydrogens is 502 g/mol. The predicted molar refractivity (Wildman–Crippen MR) is 127 cm³/mol. The second-order valence-electron chi connectivity index (χ2n) is 6.86. The summed E-state index contributed by atoms with van der Waals surface area (Å²) in [6, 6.07) is 8.13. The molecule has 0 fully saturated rings. The number of ketones is 2. The summed E-state index contributed by atoms with van der Waals surface area (Å²) in [5.41, 5.74) is -0.442. The Bertz CT molecular complexity index is 1290. The average Bonchev–Trinajstić information content (AvgIpc) is 2.81. The molecule has 13 heteroatoms. The van der Waals surface area contributed by atoms with E-state index in [4.69, 9.17) is 11.6 Å². The molecule has 0 unspecified atom stereocenters. The smallest absolute Gasteiger partial charge is 0.318 e. The van der Waals surface area contributed by atoms with E-state index in [-0.39, 0.29) is 38.2 Å². The largest absolute Gasteiger partial charge is 0.331 e. The monoisotopic (exact) mass is 519 g/mol. The molecule has 0 saturated carbocycles. The van der Waals surface area contributed by atoms with E-state index in [1.165, 1.54) is 44.2 Å². The topological polar surface area (TPSA) is 155 Å². The Morgan fingerprint density at radius 2 is 1.29 bits per heavy atom. The number of rotatable bonds is 9. The first-order chi connectivity index (χ1) is 16.4. The maximum atomic E-state index is 12.5. The maximum Gasteiger partial charge on any atom is 0.331 e. The number of carbonyl (C=O) groups is 4. The lowest BCUT2D eigenvalue weighted by molar-refractivity contribution is -0.387. The Kier molecular flexibility index (Phi) is 9.37. The summed E-state index contributed by atoms with van der Waals surface area (Å²) in [6.07, 6.45) is 0. The van der Waals surface area contributed by atoms with Crippen molar-refractivity contribution in [3.8, 4) is 0 Å². The second-order valence-corrected chi connectivity index (χ2v) is 8.36. The lowest BCUT2D eigenvalue weighted by atomic mass is 10.1. The maximum absolute atomic E-state index is 12.5. The number of halogens is 1. The highest BCUT2D eigenvalue weighted by atomic mass is 35.5. The molecule has 0 aliphatic rings. The van der Waals surface area contributed by atoms with Crippen molar-refractivity contribution in [2.45, 2.75) is 37.5 Å². The number of benzene rings is 2. The molecular formula is C22H18ClN3O8S. The highest BCUT2D eigenvalue weighted by molar-refractivity contribution is 7.99. The third-order valence-corrected chi connectivity index (χ3v) is 5.68. The Hall–Kier alpha value is -3.90. The van der Waals surface area contributed by atoms with E-state index in [0.717, 1.165) is 31.7 Å². The van der Waals surface area contributed by atoms with Gasteiger partial charge in [-0.15, -0.1) is 0 Å². The first-order valence-electron chi connectivity index (χ1n) is 9.70. The molecule has 35 heavy (non-hydrogen) atoms. The summed E-state index contributed by atoms with van der Waals surface area (Å²) in [5, 5.41) is 18.6. The van der Waals surface area contributed by atoms with Gasteiger partial charge >= 0.3 is 11.9 Å². The highest BCUT2D eigenvalue weighted by Crippen LogP contribution is 2.39. The van der Waals surface area contributed by atoms with Crippen LogP contribution in [0.2, 0.25) is 5.02 Å². The molecule has 0 aliphatic carbocycles. The van der Waals surface area contributed by atoms with Crippen molar-refractivity contribution in [3.05, 3.63) is 62.7 Å². The molecule has 0 bridgehead atoms. The van der Waals surface area contributed by atoms with E-state index in [1.807, 2.05) is 0 Å². The predicted octanol–water partition coefficient (Wildman–Crippen LogP) is 4.64. The van der Waals surface area contributed by atoms with E-state index in [2.05, 4.69) is 20.0 Å². The van der Waals surface area contributed by atoms with Crippen LogP contribution in [0.15, 0.2) is 56.5 Å². The van der Waals surface area contributed by atoms with Gasteiger partial charge in [0.1, 0.15) is 11.4 Å². The third kappa shape index (κ3) is 7.55. The van der Waals surface area contributed by atoms with Gasteiger partial charge in [0.2, 0.25) is 11.6 Å². The zero-order valence-electron chi connectivity index (χ0n) is 18.9. The standard InChI is InChI=1S/C22H18ClN3O8S/c1-11(24-33-13(3)27)21(29)15-5-7-19(17(23)9-15)35-20-8-6-16(10-18(20)26(31)32)22(30)12(2)25-34-14(4)28/h5-10H,1-4H3/b24-11+,25-12+. The van der Waals surface area contributed by atoms with Crippen molar-refractivity contribution in [1.82, 2.24) is 0 Å². The number of nitro groups is 1. The molecule has 0 radical (unpaired) electrons. The Balaban J connectivity index is 2.32. The summed E-state index contributed by atoms with van der Waals surface area (Å²) in [4.78, 5) is 67.0. The minimum Gasteiger partial charge on any atom is -0.318 e. The molecule has 2 aromatic carbocycles. The number of hydrogen-bond acceptors (Lipinski definition) is 11. The quantitative estimate of drug-likeness (QED) is 0.151. The van der Waals surface area contributed by atoms with E-state index in [1.54, 1.807) is 0 Å². The fraction of sp³-hybridized carbons (Fsp3) is 0.182. The van der Waals surface area contributed by atoms with Gasteiger partial charge in [0.15, 0.2) is 0 Å².